The van der Waals surface area contributed by atoms with Crippen molar-refractivity contribution < 1.29 is 23.9 Å². The fourth-order valence-electron chi connectivity index (χ4n) is 1.67. The van der Waals surface area contributed by atoms with Crippen molar-refractivity contribution >= 4 is 44.8 Å². The monoisotopic (exact) mass is 396 g/mol. The molecule has 0 atom stereocenters. The number of carbonyl (C=O) groups excluding carboxylic acids is 3. The van der Waals surface area contributed by atoms with Gasteiger partial charge in [-0.2, -0.15) is 0 Å². The zero-order valence-electron chi connectivity index (χ0n) is 12.2. The number of hydrogen-bond acceptors (Lipinski definition) is 6. The highest BCUT2D eigenvalue weighted by molar-refractivity contribution is 9.11. The normalized spacial score (nSPS) is 10.2. The number of ether oxygens (including phenoxy) is 2. The Hall–Kier alpha value is -1.99. The summed E-state index contributed by atoms with van der Waals surface area (Å²) in [5.41, 5.74) is 0.495. The third-order valence-corrected chi connectivity index (χ3v) is 4.47. The molecule has 2 rings (SSSR count). The molecular formula is C16H13BrO5S. The van der Waals surface area contributed by atoms with Crippen LogP contribution < -0.4 is 4.74 Å². The smallest absolute Gasteiger partial charge is 0.344 e. The van der Waals surface area contributed by atoms with Gasteiger partial charge < -0.3 is 9.47 Å². The zero-order valence-corrected chi connectivity index (χ0v) is 14.6. The van der Waals surface area contributed by atoms with Crippen LogP contribution in [0.4, 0.5) is 0 Å². The molecule has 0 unspecified atom stereocenters. The van der Waals surface area contributed by atoms with Crippen molar-refractivity contribution in [3.8, 4) is 5.75 Å². The Morgan fingerprint density at radius 1 is 1.13 bits per heavy atom. The van der Waals surface area contributed by atoms with Gasteiger partial charge in [0.05, 0.1) is 8.66 Å². The Kier molecular flexibility index (Phi) is 6.06. The van der Waals surface area contributed by atoms with Crippen LogP contribution >= 0.6 is 27.3 Å². The van der Waals surface area contributed by atoms with Crippen LogP contribution in [0.15, 0.2) is 40.2 Å². The molecule has 0 aliphatic rings. The summed E-state index contributed by atoms with van der Waals surface area (Å²) >= 11 is 4.54. The van der Waals surface area contributed by atoms with E-state index in [0.29, 0.717) is 16.2 Å². The molecule has 2 aromatic rings. The molecule has 1 aromatic heterocycles. The van der Waals surface area contributed by atoms with Gasteiger partial charge in [0.25, 0.3) is 0 Å². The largest absolute Gasteiger partial charge is 0.482 e. The van der Waals surface area contributed by atoms with E-state index in [4.69, 9.17) is 9.47 Å². The van der Waals surface area contributed by atoms with Gasteiger partial charge in [0.2, 0.25) is 5.78 Å². The van der Waals surface area contributed by atoms with E-state index in [9.17, 15) is 14.4 Å². The molecule has 1 aromatic carbocycles. The van der Waals surface area contributed by atoms with E-state index < -0.39 is 5.97 Å². The molecule has 0 radical (unpaired) electrons. The molecule has 23 heavy (non-hydrogen) atoms. The number of rotatable bonds is 7. The van der Waals surface area contributed by atoms with E-state index in [1.807, 2.05) is 0 Å². The van der Waals surface area contributed by atoms with Gasteiger partial charge >= 0.3 is 5.97 Å². The van der Waals surface area contributed by atoms with Crippen LogP contribution in [0.1, 0.15) is 27.0 Å². The van der Waals surface area contributed by atoms with Gasteiger partial charge in [0.1, 0.15) is 5.75 Å². The Morgan fingerprint density at radius 2 is 1.91 bits per heavy atom. The van der Waals surface area contributed by atoms with Crippen molar-refractivity contribution in [2.75, 3.05) is 13.2 Å². The summed E-state index contributed by atoms with van der Waals surface area (Å²) in [5.74, 6) is -0.622. The van der Waals surface area contributed by atoms with Gasteiger partial charge in [0.15, 0.2) is 19.0 Å². The third-order valence-electron chi connectivity index (χ3n) is 2.81. The van der Waals surface area contributed by atoms with E-state index in [1.54, 1.807) is 36.4 Å². The van der Waals surface area contributed by atoms with Crippen molar-refractivity contribution in [3.05, 3.63) is 50.6 Å². The SMILES string of the molecule is CC(=O)c1cccc(OCC(=O)OCC(=O)c2ccc(Br)s2)c1. The quantitative estimate of drug-likeness (QED) is 0.528. The van der Waals surface area contributed by atoms with Crippen LogP contribution in [0.25, 0.3) is 0 Å². The summed E-state index contributed by atoms with van der Waals surface area (Å²) in [6.45, 7) is 0.785. The minimum Gasteiger partial charge on any atom is -0.482 e. The Balaban J connectivity index is 1.80. The molecule has 5 nitrogen and oxygen atoms in total. The molecule has 0 spiro atoms. The third kappa shape index (κ3) is 5.30. The van der Waals surface area contributed by atoms with Gasteiger partial charge in [-0.3, -0.25) is 9.59 Å². The van der Waals surface area contributed by atoms with Gasteiger partial charge in [-0.05, 0) is 47.1 Å². The zero-order chi connectivity index (χ0) is 16.8. The highest BCUT2D eigenvalue weighted by atomic mass is 79.9. The van der Waals surface area contributed by atoms with Crippen molar-refractivity contribution in [1.82, 2.24) is 0 Å². The highest BCUT2D eigenvalue weighted by Gasteiger charge is 2.12. The Labute approximate surface area is 145 Å². The molecule has 0 fully saturated rings. The molecular weight excluding hydrogens is 384 g/mol. The van der Waals surface area contributed by atoms with Crippen LogP contribution in [-0.4, -0.2) is 30.7 Å². The molecule has 1 heterocycles. The molecule has 7 heteroatoms. The van der Waals surface area contributed by atoms with E-state index in [1.165, 1.54) is 18.3 Å². The number of carbonyl (C=O) groups is 3. The summed E-state index contributed by atoms with van der Waals surface area (Å²) in [6.07, 6.45) is 0. The van der Waals surface area contributed by atoms with E-state index in [0.717, 1.165) is 3.79 Å². The first-order chi connectivity index (χ1) is 11.0. The standard InChI is InChI=1S/C16H13BrO5S/c1-10(18)11-3-2-4-12(7-11)21-9-16(20)22-8-13(19)14-5-6-15(17)23-14/h2-7H,8-9H2,1H3. The Morgan fingerprint density at radius 3 is 2.57 bits per heavy atom. The molecule has 0 aliphatic carbocycles. The summed E-state index contributed by atoms with van der Waals surface area (Å²) in [5, 5.41) is 0. The lowest BCUT2D eigenvalue weighted by Crippen LogP contribution is -2.19. The number of benzene rings is 1. The van der Waals surface area contributed by atoms with Crippen LogP contribution in [-0.2, 0) is 9.53 Å². The summed E-state index contributed by atoms with van der Waals surface area (Å²) in [7, 11) is 0. The lowest BCUT2D eigenvalue weighted by molar-refractivity contribution is -0.144. The predicted octanol–water partition coefficient (Wildman–Crippen LogP) is 3.52. The minimum atomic E-state index is -0.651. The topological polar surface area (TPSA) is 69.7 Å². The first-order valence-corrected chi connectivity index (χ1v) is 8.24. The fraction of sp³-hybridized carbons (Fsp3) is 0.188. The van der Waals surface area contributed by atoms with Crippen LogP contribution in [0.2, 0.25) is 0 Å². The van der Waals surface area contributed by atoms with Gasteiger partial charge in [0, 0.05) is 5.56 Å². The number of hydrogen-bond donors (Lipinski definition) is 0. The second-order valence-electron chi connectivity index (χ2n) is 4.56. The second-order valence-corrected chi connectivity index (χ2v) is 7.02. The summed E-state index contributed by atoms with van der Waals surface area (Å²) in [4.78, 5) is 35.2. The van der Waals surface area contributed by atoms with Gasteiger partial charge in [-0.1, -0.05) is 12.1 Å². The van der Waals surface area contributed by atoms with Gasteiger partial charge in [-0.25, -0.2) is 4.79 Å². The molecule has 0 bridgehead atoms. The van der Waals surface area contributed by atoms with E-state index in [-0.39, 0.29) is 24.8 Å². The average Bonchev–Trinajstić information content (AvgIpc) is 2.97. The first kappa shape index (κ1) is 17.4. The van der Waals surface area contributed by atoms with Gasteiger partial charge in [-0.15, -0.1) is 11.3 Å². The number of esters is 1. The first-order valence-electron chi connectivity index (χ1n) is 6.63. The number of Topliss-reactive ketones (excluding diaryl/α,β-unsaturated/α-hetero) is 2. The lowest BCUT2D eigenvalue weighted by atomic mass is 10.1. The van der Waals surface area contributed by atoms with Crippen LogP contribution in [0.5, 0.6) is 5.75 Å². The summed E-state index contributed by atoms with van der Waals surface area (Å²) in [6, 6.07) is 9.92. The average molecular weight is 397 g/mol. The molecule has 120 valence electrons. The molecule has 0 aliphatic heterocycles. The van der Waals surface area contributed by atoms with Crippen molar-refractivity contribution in [3.63, 3.8) is 0 Å². The van der Waals surface area contributed by atoms with E-state index >= 15 is 0 Å². The Bertz CT molecular complexity index is 738. The highest BCUT2D eigenvalue weighted by Crippen LogP contribution is 2.22. The maximum absolute atomic E-state index is 11.8. The van der Waals surface area contributed by atoms with E-state index in [2.05, 4.69) is 15.9 Å². The van der Waals surface area contributed by atoms with Crippen molar-refractivity contribution in [2.24, 2.45) is 0 Å². The van der Waals surface area contributed by atoms with Crippen molar-refractivity contribution in [1.29, 1.82) is 0 Å². The number of thiophene rings is 1. The minimum absolute atomic E-state index is 0.0919. The predicted molar refractivity (Wildman–Crippen MR) is 89.3 cm³/mol. The van der Waals surface area contributed by atoms with Crippen LogP contribution in [0.3, 0.4) is 0 Å². The maximum Gasteiger partial charge on any atom is 0.344 e. The van der Waals surface area contributed by atoms with Crippen molar-refractivity contribution in [2.45, 2.75) is 6.92 Å². The molecule has 0 N–H and O–H groups in total. The lowest BCUT2D eigenvalue weighted by Gasteiger charge is -2.07. The number of halogens is 1. The molecule has 0 amide bonds. The summed E-state index contributed by atoms with van der Waals surface area (Å²) < 4.78 is 11.0. The molecule has 0 saturated heterocycles. The molecule has 0 saturated carbocycles. The fourth-order valence-corrected chi connectivity index (χ4v) is 2.98. The van der Waals surface area contributed by atoms with Crippen LogP contribution in [0, 0.1) is 0 Å². The maximum atomic E-state index is 11.8. The second kappa shape index (κ2) is 8.03. The number of ketones is 2.